The molecule has 1 heterocycles. The Morgan fingerprint density at radius 3 is 2.46 bits per heavy atom. The molecule has 39 heavy (non-hydrogen) atoms. The van der Waals surface area contributed by atoms with E-state index in [4.69, 9.17) is 9.47 Å². The monoisotopic (exact) mass is 545 g/mol. The molecule has 0 saturated heterocycles. The number of ether oxygens (including phenoxy) is 2. The summed E-state index contributed by atoms with van der Waals surface area (Å²) in [4.78, 5) is 15.5. The number of benzene rings is 2. The van der Waals surface area contributed by atoms with Crippen LogP contribution in [-0.4, -0.2) is 33.4 Å². The molecule has 0 spiro atoms. The first kappa shape index (κ1) is 26.9. The molecule has 2 N–H and O–H groups in total. The summed E-state index contributed by atoms with van der Waals surface area (Å²) in [5.74, 6) is -1.65. The Morgan fingerprint density at radius 2 is 1.82 bits per heavy atom. The molecule has 10 heteroatoms. The number of halogens is 4. The van der Waals surface area contributed by atoms with Crippen molar-refractivity contribution in [3.63, 3.8) is 0 Å². The highest BCUT2D eigenvalue weighted by atomic mass is 19.4. The van der Waals surface area contributed by atoms with Gasteiger partial charge in [0.25, 0.3) is 0 Å². The van der Waals surface area contributed by atoms with Crippen LogP contribution in [0.4, 0.5) is 17.6 Å². The smallest absolute Gasteiger partial charge is 0.417 e. The van der Waals surface area contributed by atoms with E-state index in [9.17, 15) is 32.6 Å². The summed E-state index contributed by atoms with van der Waals surface area (Å²) in [6, 6.07) is 9.24. The van der Waals surface area contributed by atoms with Gasteiger partial charge in [-0.1, -0.05) is 12.1 Å². The quantitative estimate of drug-likeness (QED) is 0.321. The van der Waals surface area contributed by atoms with Crippen molar-refractivity contribution in [2.45, 2.75) is 51.0 Å². The Morgan fingerprint density at radius 1 is 1.10 bits per heavy atom. The standard InChI is InChI=1S/C29H27F4NO5/c1-28(2,37)7-8-38-18-5-3-15(4-6-18)19-10-17(23(30)12-22(19)29(31,32)33)14-39-24-11-16-9-20-25(21(16)13-34-24)26(20)27(35)36/h3-6,10-13,20,25-26,37H,7-9,14H2,1-2H3,(H,35,36). The molecule has 1 fully saturated rings. The number of carboxylic acids is 1. The van der Waals surface area contributed by atoms with E-state index >= 15 is 0 Å². The zero-order valence-electron chi connectivity index (χ0n) is 21.3. The normalized spacial score (nSPS) is 19.8. The van der Waals surface area contributed by atoms with Crippen LogP contribution in [0.5, 0.6) is 11.6 Å². The molecule has 2 aromatic carbocycles. The lowest BCUT2D eigenvalue weighted by atomic mass is 9.96. The van der Waals surface area contributed by atoms with Crippen molar-refractivity contribution in [2.24, 2.45) is 11.8 Å². The molecule has 1 saturated carbocycles. The van der Waals surface area contributed by atoms with Crippen molar-refractivity contribution in [1.29, 1.82) is 0 Å². The van der Waals surface area contributed by atoms with Crippen molar-refractivity contribution >= 4 is 5.97 Å². The van der Waals surface area contributed by atoms with Gasteiger partial charge in [-0.05, 0) is 72.7 Å². The second-order valence-electron chi connectivity index (χ2n) is 10.7. The van der Waals surface area contributed by atoms with Gasteiger partial charge in [0.2, 0.25) is 5.88 Å². The van der Waals surface area contributed by atoms with Gasteiger partial charge in [-0.3, -0.25) is 4.79 Å². The number of hydrogen-bond donors (Lipinski definition) is 2. The van der Waals surface area contributed by atoms with Crippen LogP contribution in [0.3, 0.4) is 0 Å². The third-order valence-electron chi connectivity index (χ3n) is 7.28. The molecule has 1 aromatic heterocycles. The van der Waals surface area contributed by atoms with Crippen LogP contribution in [0, 0.1) is 17.7 Å². The third-order valence-corrected chi connectivity index (χ3v) is 7.28. The van der Waals surface area contributed by atoms with E-state index in [2.05, 4.69) is 4.98 Å². The third kappa shape index (κ3) is 5.71. The molecule has 5 rings (SSSR count). The molecule has 2 aliphatic carbocycles. The lowest BCUT2D eigenvalue weighted by molar-refractivity contribution is -0.139. The number of aliphatic hydroxyl groups is 1. The number of hydrogen-bond acceptors (Lipinski definition) is 5. The molecule has 0 amide bonds. The van der Waals surface area contributed by atoms with Gasteiger partial charge in [-0.2, -0.15) is 13.2 Å². The first-order valence-corrected chi connectivity index (χ1v) is 12.5. The molecule has 3 unspecified atom stereocenters. The number of carbonyl (C=O) groups is 1. The number of pyridine rings is 1. The van der Waals surface area contributed by atoms with Crippen molar-refractivity contribution in [1.82, 2.24) is 4.98 Å². The van der Waals surface area contributed by atoms with Crippen LogP contribution in [0.15, 0.2) is 48.7 Å². The Hall–Kier alpha value is -3.66. The molecule has 0 bridgehead atoms. The average molecular weight is 546 g/mol. The van der Waals surface area contributed by atoms with Gasteiger partial charge in [0.05, 0.1) is 23.7 Å². The van der Waals surface area contributed by atoms with E-state index in [0.717, 1.165) is 17.2 Å². The maximum Gasteiger partial charge on any atom is 0.417 e. The highest BCUT2D eigenvalue weighted by Crippen LogP contribution is 2.61. The van der Waals surface area contributed by atoms with Gasteiger partial charge in [0.1, 0.15) is 18.2 Å². The maximum absolute atomic E-state index is 14.8. The second-order valence-corrected chi connectivity index (χ2v) is 10.7. The van der Waals surface area contributed by atoms with Gasteiger partial charge >= 0.3 is 12.1 Å². The van der Waals surface area contributed by atoms with Crippen LogP contribution >= 0.6 is 0 Å². The number of aromatic nitrogens is 1. The summed E-state index contributed by atoms with van der Waals surface area (Å²) in [6.07, 6.45) is -2.25. The predicted molar refractivity (Wildman–Crippen MR) is 133 cm³/mol. The Labute approximate surface area is 222 Å². The van der Waals surface area contributed by atoms with E-state index in [-0.39, 0.29) is 53.5 Å². The summed E-state index contributed by atoms with van der Waals surface area (Å²) in [6.45, 7) is 3.18. The van der Waals surface area contributed by atoms with Gasteiger partial charge in [-0.15, -0.1) is 0 Å². The lowest BCUT2D eigenvalue weighted by Crippen LogP contribution is -2.21. The number of fused-ring (bicyclic) bond motifs is 3. The van der Waals surface area contributed by atoms with E-state index < -0.39 is 29.1 Å². The topological polar surface area (TPSA) is 88.9 Å². The number of nitrogens with zero attached hydrogens (tertiary/aromatic N) is 1. The zero-order valence-corrected chi connectivity index (χ0v) is 21.3. The summed E-state index contributed by atoms with van der Waals surface area (Å²) >= 11 is 0. The summed E-state index contributed by atoms with van der Waals surface area (Å²) in [7, 11) is 0. The van der Waals surface area contributed by atoms with E-state index in [0.29, 0.717) is 24.7 Å². The van der Waals surface area contributed by atoms with E-state index in [1.807, 2.05) is 0 Å². The Balaban J connectivity index is 1.33. The number of alkyl halides is 3. The minimum Gasteiger partial charge on any atom is -0.493 e. The van der Waals surface area contributed by atoms with Gasteiger partial charge in [0, 0.05) is 30.2 Å². The molecular weight excluding hydrogens is 518 g/mol. The second kappa shape index (κ2) is 9.82. The van der Waals surface area contributed by atoms with Crippen molar-refractivity contribution in [3.05, 3.63) is 76.7 Å². The highest BCUT2D eigenvalue weighted by Gasteiger charge is 2.59. The first-order chi connectivity index (χ1) is 18.3. The van der Waals surface area contributed by atoms with Crippen molar-refractivity contribution in [3.8, 4) is 22.8 Å². The summed E-state index contributed by atoms with van der Waals surface area (Å²) < 4.78 is 67.4. The maximum atomic E-state index is 14.8. The Kier molecular flexibility index (Phi) is 6.78. The molecule has 206 valence electrons. The van der Waals surface area contributed by atoms with Crippen LogP contribution in [-0.2, 0) is 24.0 Å². The predicted octanol–water partition coefficient (Wildman–Crippen LogP) is 6.00. The van der Waals surface area contributed by atoms with Crippen LogP contribution < -0.4 is 9.47 Å². The summed E-state index contributed by atoms with van der Waals surface area (Å²) in [5.41, 5.74) is -0.274. The fourth-order valence-corrected chi connectivity index (χ4v) is 5.19. The molecule has 0 radical (unpaired) electrons. The van der Waals surface area contributed by atoms with E-state index in [1.165, 1.54) is 24.3 Å². The zero-order chi connectivity index (χ0) is 28.1. The molecular formula is C29H27F4NO5. The minimum atomic E-state index is -4.78. The van der Waals surface area contributed by atoms with Gasteiger partial charge in [0.15, 0.2) is 0 Å². The molecule has 6 nitrogen and oxygen atoms in total. The number of rotatable bonds is 9. The highest BCUT2D eigenvalue weighted by molar-refractivity contribution is 5.77. The fraction of sp³-hybridized carbons (Fsp3) is 0.379. The average Bonchev–Trinajstić information content (AvgIpc) is 3.44. The molecule has 0 aliphatic heterocycles. The first-order valence-electron chi connectivity index (χ1n) is 12.5. The molecule has 2 aliphatic rings. The summed E-state index contributed by atoms with van der Waals surface area (Å²) in [5, 5.41) is 19.0. The Bertz CT molecular complexity index is 1400. The molecule has 3 atom stereocenters. The molecule has 3 aromatic rings. The van der Waals surface area contributed by atoms with Gasteiger partial charge < -0.3 is 19.7 Å². The van der Waals surface area contributed by atoms with Crippen LogP contribution in [0.25, 0.3) is 11.1 Å². The van der Waals surface area contributed by atoms with Crippen molar-refractivity contribution in [2.75, 3.05) is 6.61 Å². The number of aliphatic carboxylic acids is 1. The minimum absolute atomic E-state index is 0.0442. The van der Waals surface area contributed by atoms with E-state index in [1.54, 1.807) is 26.1 Å². The van der Waals surface area contributed by atoms with Crippen molar-refractivity contribution < 1.29 is 42.0 Å². The van der Waals surface area contributed by atoms with Crippen LogP contribution in [0.2, 0.25) is 0 Å². The largest absolute Gasteiger partial charge is 0.493 e. The number of carboxylic acid groups (broad SMARTS) is 1. The van der Waals surface area contributed by atoms with Gasteiger partial charge in [-0.25, -0.2) is 9.37 Å². The fourth-order valence-electron chi connectivity index (χ4n) is 5.19. The lowest BCUT2D eigenvalue weighted by Gasteiger charge is -2.18. The SMILES string of the molecule is CC(C)(O)CCOc1ccc(-c2cc(COc3cc4c(cn3)C3C(C4)C3C(=O)O)c(F)cc2C(F)(F)F)cc1. The van der Waals surface area contributed by atoms with Crippen LogP contribution in [0.1, 0.15) is 48.4 Å².